The average Bonchev–Trinajstić information content (AvgIpc) is 3.35. The molecule has 0 fully saturated rings. The van der Waals surface area contributed by atoms with Gasteiger partial charge in [-0.2, -0.15) is 10.4 Å². The number of nitrogens with zero attached hydrogens (tertiary/aromatic N) is 6. The van der Waals surface area contributed by atoms with Gasteiger partial charge in [0.05, 0.1) is 17.0 Å². The maximum Gasteiger partial charge on any atom is 0.174 e. The number of rotatable bonds is 4. The first-order valence-electron chi connectivity index (χ1n) is 10.7. The predicted molar refractivity (Wildman–Crippen MR) is 120 cm³/mol. The highest BCUT2D eigenvalue weighted by atomic mass is 19.1. The molecule has 1 aliphatic heterocycles. The minimum Gasteiger partial charge on any atom is -0.310 e. The van der Waals surface area contributed by atoms with Crippen LogP contribution < -0.4 is 0 Å². The van der Waals surface area contributed by atoms with Crippen molar-refractivity contribution in [3.05, 3.63) is 83.8 Å². The smallest absolute Gasteiger partial charge is 0.174 e. The summed E-state index contributed by atoms with van der Waals surface area (Å²) in [6.45, 7) is 0.810. The Morgan fingerprint density at radius 1 is 1.00 bits per heavy atom. The highest BCUT2D eigenvalue weighted by Gasteiger charge is 2.19. The molecule has 2 aromatic heterocycles. The van der Waals surface area contributed by atoms with Crippen molar-refractivity contribution in [3.63, 3.8) is 0 Å². The summed E-state index contributed by atoms with van der Waals surface area (Å²) in [5.74, 6) is 1.21. The Balaban J connectivity index is 1.64. The van der Waals surface area contributed by atoms with Gasteiger partial charge in [-0.15, -0.1) is 10.2 Å². The van der Waals surface area contributed by atoms with Gasteiger partial charge < -0.3 is 4.57 Å². The number of allylic oxidation sites excluding steroid dienone is 1. The van der Waals surface area contributed by atoms with Gasteiger partial charge in [0.2, 0.25) is 0 Å². The summed E-state index contributed by atoms with van der Waals surface area (Å²) in [5, 5.41) is 23.4. The molecule has 0 N–H and O–H groups in total. The van der Waals surface area contributed by atoms with Crippen LogP contribution in [0.4, 0.5) is 4.39 Å². The first-order valence-corrected chi connectivity index (χ1v) is 10.7. The number of nitriles is 1. The van der Waals surface area contributed by atoms with E-state index >= 15 is 0 Å². The molecule has 0 spiro atoms. The van der Waals surface area contributed by atoms with E-state index in [-0.39, 0.29) is 5.82 Å². The molecule has 0 atom stereocenters. The van der Waals surface area contributed by atoms with Crippen molar-refractivity contribution in [1.29, 1.82) is 5.26 Å². The van der Waals surface area contributed by atoms with E-state index in [2.05, 4.69) is 20.8 Å². The van der Waals surface area contributed by atoms with Crippen LogP contribution in [0.15, 0.2) is 60.8 Å². The maximum absolute atomic E-state index is 13.5. The Labute approximate surface area is 185 Å². The minimum absolute atomic E-state index is 0.308. The lowest BCUT2D eigenvalue weighted by atomic mass is 10.1. The molecule has 2 aromatic carbocycles. The minimum atomic E-state index is -0.308. The van der Waals surface area contributed by atoms with Crippen molar-refractivity contribution >= 4 is 11.6 Å². The monoisotopic (exact) mass is 424 g/mol. The number of hydrogen-bond acceptors (Lipinski definition) is 4. The Bertz CT molecular complexity index is 1310. The Morgan fingerprint density at radius 3 is 2.59 bits per heavy atom. The van der Waals surface area contributed by atoms with E-state index in [1.165, 1.54) is 12.1 Å². The second kappa shape index (κ2) is 8.60. The summed E-state index contributed by atoms with van der Waals surface area (Å²) in [4.78, 5) is 0. The maximum atomic E-state index is 13.5. The van der Waals surface area contributed by atoms with Gasteiger partial charge in [0.15, 0.2) is 5.82 Å². The summed E-state index contributed by atoms with van der Waals surface area (Å²) < 4.78 is 17.3. The van der Waals surface area contributed by atoms with Crippen LogP contribution in [0.5, 0.6) is 0 Å². The van der Waals surface area contributed by atoms with E-state index in [9.17, 15) is 9.65 Å². The fraction of sp³-hybridized carbons (Fsp3) is 0.200. The molecule has 0 amide bonds. The van der Waals surface area contributed by atoms with Gasteiger partial charge >= 0.3 is 0 Å². The molecule has 4 aromatic rings. The fourth-order valence-electron chi connectivity index (χ4n) is 4.02. The summed E-state index contributed by atoms with van der Waals surface area (Å²) in [6, 6.07) is 18.2. The van der Waals surface area contributed by atoms with E-state index in [1.807, 2.05) is 36.5 Å². The molecular formula is C25H21FN6. The third-order valence-corrected chi connectivity index (χ3v) is 5.65. The van der Waals surface area contributed by atoms with Crippen LogP contribution >= 0.6 is 0 Å². The van der Waals surface area contributed by atoms with Crippen molar-refractivity contribution in [2.45, 2.75) is 32.2 Å². The lowest BCUT2D eigenvalue weighted by molar-refractivity contribution is 0.627. The number of aromatic nitrogens is 5. The molecular weight excluding hydrogens is 403 g/mol. The molecule has 0 saturated carbocycles. The molecule has 3 heterocycles. The van der Waals surface area contributed by atoms with Crippen LogP contribution in [0.1, 0.15) is 36.5 Å². The second-order valence-electron chi connectivity index (χ2n) is 7.79. The van der Waals surface area contributed by atoms with Crippen LogP contribution in [0.3, 0.4) is 0 Å². The van der Waals surface area contributed by atoms with Crippen LogP contribution in [-0.2, 0) is 13.0 Å². The summed E-state index contributed by atoms with van der Waals surface area (Å²) in [7, 11) is 0. The quantitative estimate of drug-likeness (QED) is 0.429. The SMILES string of the molecule is N#C/C(=C\c1cn(-c2ccccc2)nc1-c1ccc(F)cc1)c1nnc2n1CCCCC2. The molecule has 0 unspecified atom stereocenters. The van der Waals surface area contributed by atoms with Crippen LogP contribution in [-0.4, -0.2) is 24.5 Å². The molecule has 32 heavy (non-hydrogen) atoms. The standard InChI is InChI=1S/C25H21FN6/c26-21-12-10-18(11-13-21)24-20(17-32(30-24)22-7-3-1-4-8-22)15-19(16-27)25-29-28-23-9-5-2-6-14-31(23)25/h1,3-4,7-8,10-13,15,17H,2,5-6,9,14H2/b19-15+. The van der Waals surface area contributed by atoms with E-state index < -0.39 is 0 Å². The van der Waals surface area contributed by atoms with Crippen LogP contribution in [0.2, 0.25) is 0 Å². The van der Waals surface area contributed by atoms with E-state index in [4.69, 9.17) is 5.10 Å². The first kappa shape index (κ1) is 19.9. The molecule has 5 rings (SSSR count). The predicted octanol–water partition coefficient (Wildman–Crippen LogP) is 5.06. The van der Waals surface area contributed by atoms with Crippen molar-refractivity contribution in [2.75, 3.05) is 0 Å². The number of benzene rings is 2. The highest BCUT2D eigenvalue weighted by Crippen LogP contribution is 2.28. The summed E-state index contributed by atoms with van der Waals surface area (Å²) >= 11 is 0. The van der Waals surface area contributed by atoms with Gasteiger partial charge in [-0.3, -0.25) is 0 Å². The number of hydrogen-bond donors (Lipinski definition) is 0. The van der Waals surface area contributed by atoms with Gasteiger partial charge in [-0.25, -0.2) is 9.07 Å². The van der Waals surface area contributed by atoms with Gasteiger partial charge in [0.1, 0.15) is 17.7 Å². The summed E-state index contributed by atoms with van der Waals surface area (Å²) in [6.07, 6.45) is 7.83. The van der Waals surface area contributed by atoms with Gasteiger partial charge in [-0.1, -0.05) is 24.6 Å². The zero-order valence-corrected chi connectivity index (χ0v) is 17.4. The lowest BCUT2D eigenvalue weighted by Crippen LogP contribution is -2.05. The zero-order valence-electron chi connectivity index (χ0n) is 17.4. The van der Waals surface area contributed by atoms with Gasteiger partial charge in [-0.05, 0) is 55.3 Å². The van der Waals surface area contributed by atoms with Crippen molar-refractivity contribution in [3.8, 4) is 23.0 Å². The first-order chi connectivity index (χ1) is 15.7. The van der Waals surface area contributed by atoms with Crippen LogP contribution in [0.25, 0.3) is 28.6 Å². The van der Waals surface area contributed by atoms with Crippen molar-refractivity contribution in [2.24, 2.45) is 0 Å². The molecule has 0 radical (unpaired) electrons. The van der Waals surface area contributed by atoms with E-state index in [0.29, 0.717) is 17.1 Å². The third kappa shape index (κ3) is 3.83. The second-order valence-corrected chi connectivity index (χ2v) is 7.79. The number of aryl methyl sites for hydroxylation is 1. The third-order valence-electron chi connectivity index (χ3n) is 5.65. The molecule has 1 aliphatic rings. The molecule has 0 bridgehead atoms. The zero-order chi connectivity index (χ0) is 21.9. The van der Waals surface area contributed by atoms with E-state index in [1.54, 1.807) is 22.9 Å². The molecule has 6 nitrogen and oxygen atoms in total. The van der Waals surface area contributed by atoms with Gasteiger partial charge in [0.25, 0.3) is 0 Å². The average molecular weight is 424 g/mol. The molecule has 0 aliphatic carbocycles. The Hall–Kier alpha value is -4.05. The Morgan fingerprint density at radius 2 is 1.81 bits per heavy atom. The number of para-hydroxylation sites is 1. The summed E-state index contributed by atoms with van der Waals surface area (Å²) in [5.41, 5.74) is 3.51. The Kier molecular flexibility index (Phi) is 5.34. The topological polar surface area (TPSA) is 72.3 Å². The van der Waals surface area contributed by atoms with Crippen LogP contribution in [0, 0.1) is 17.1 Å². The molecule has 0 saturated heterocycles. The highest BCUT2D eigenvalue weighted by molar-refractivity contribution is 5.90. The largest absolute Gasteiger partial charge is 0.310 e. The van der Waals surface area contributed by atoms with Gasteiger partial charge in [0, 0.05) is 30.3 Å². The molecule has 7 heteroatoms. The van der Waals surface area contributed by atoms with Crippen molar-refractivity contribution in [1.82, 2.24) is 24.5 Å². The number of halogens is 1. The lowest BCUT2D eigenvalue weighted by Gasteiger charge is -2.06. The normalized spacial score (nSPS) is 13.9. The molecule has 158 valence electrons. The van der Waals surface area contributed by atoms with Crippen molar-refractivity contribution < 1.29 is 4.39 Å². The van der Waals surface area contributed by atoms with E-state index in [0.717, 1.165) is 54.9 Å². The fourth-order valence-corrected chi connectivity index (χ4v) is 4.02. The number of fused-ring (bicyclic) bond motifs is 1.